The van der Waals surface area contributed by atoms with Crippen molar-refractivity contribution in [2.45, 2.75) is 40.5 Å². The quantitative estimate of drug-likeness (QED) is 0.639. The van der Waals surface area contributed by atoms with E-state index in [1.807, 2.05) is 39.0 Å². The van der Waals surface area contributed by atoms with Gasteiger partial charge < -0.3 is 14.6 Å². The van der Waals surface area contributed by atoms with Crippen molar-refractivity contribution in [2.24, 2.45) is 0 Å². The number of amides is 1. The average molecular weight is 365 g/mol. The molecule has 0 saturated heterocycles. The number of carbonyl (C=O) groups is 1. The van der Waals surface area contributed by atoms with Crippen molar-refractivity contribution in [2.75, 3.05) is 23.3 Å². The molecule has 2 aromatic carbocycles. The summed E-state index contributed by atoms with van der Waals surface area (Å²) in [6.07, 6.45) is 0. The maximum atomic E-state index is 12.7. The minimum absolute atomic E-state index is 0.155. The van der Waals surface area contributed by atoms with Crippen LogP contribution in [0.15, 0.2) is 40.8 Å². The van der Waals surface area contributed by atoms with E-state index in [4.69, 9.17) is 4.42 Å². The van der Waals surface area contributed by atoms with Gasteiger partial charge in [-0.3, -0.25) is 4.79 Å². The van der Waals surface area contributed by atoms with Crippen LogP contribution < -0.4 is 10.2 Å². The Kier molecular flexibility index (Phi) is 5.49. The summed E-state index contributed by atoms with van der Waals surface area (Å²) in [6, 6.07) is 11.5. The van der Waals surface area contributed by atoms with Crippen LogP contribution in [0.1, 0.15) is 55.4 Å². The maximum absolute atomic E-state index is 12.7. The van der Waals surface area contributed by atoms with E-state index in [2.05, 4.69) is 35.1 Å². The molecule has 0 spiro atoms. The molecule has 0 radical (unpaired) electrons. The zero-order valence-electron chi connectivity index (χ0n) is 16.7. The lowest BCUT2D eigenvalue weighted by Crippen LogP contribution is -2.22. The molecule has 0 aliphatic rings. The van der Waals surface area contributed by atoms with Crippen LogP contribution in [0.4, 0.5) is 11.4 Å². The molecular weight excluding hydrogens is 338 g/mol. The van der Waals surface area contributed by atoms with Gasteiger partial charge in [-0.15, -0.1) is 0 Å². The van der Waals surface area contributed by atoms with Crippen molar-refractivity contribution in [3.8, 4) is 0 Å². The fraction of sp³-hybridized carbons (Fsp3) is 0.364. The Morgan fingerprint density at radius 2 is 1.89 bits per heavy atom. The molecule has 0 atom stereocenters. The van der Waals surface area contributed by atoms with Gasteiger partial charge in [0.25, 0.3) is 5.91 Å². The second kappa shape index (κ2) is 7.82. The number of nitrogens with one attached hydrogen (secondary N) is 1. The lowest BCUT2D eigenvalue weighted by atomic mass is 10.1. The summed E-state index contributed by atoms with van der Waals surface area (Å²) in [5.74, 6) is 0.741. The molecule has 1 heterocycles. The zero-order valence-corrected chi connectivity index (χ0v) is 16.7. The van der Waals surface area contributed by atoms with Crippen LogP contribution in [-0.2, 0) is 0 Å². The number of benzene rings is 2. The number of hydrogen-bond donors (Lipinski definition) is 1. The monoisotopic (exact) mass is 365 g/mol. The van der Waals surface area contributed by atoms with Crippen molar-refractivity contribution in [3.63, 3.8) is 0 Å². The fourth-order valence-electron chi connectivity index (χ4n) is 3.10. The SMILES string of the molecule is CCN(CC)c1ccc(NC(=O)c2ccc3nc(C(C)C)oc3c2)c(C)c1. The van der Waals surface area contributed by atoms with Crippen LogP contribution in [0.25, 0.3) is 11.1 Å². The Hall–Kier alpha value is -2.82. The van der Waals surface area contributed by atoms with E-state index in [-0.39, 0.29) is 11.8 Å². The lowest BCUT2D eigenvalue weighted by molar-refractivity contribution is 0.102. The van der Waals surface area contributed by atoms with Crippen molar-refractivity contribution >= 4 is 28.4 Å². The number of oxazole rings is 1. The third-order valence-electron chi connectivity index (χ3n) is 4.75. The van der Waals surface area contributed by atoms with Crippen LogP contribution in [0.2, 0.25) is 0 Å². The number of anilines is 2. The highest BCUT2D eigenvalue weighted by Crippen LogP contribution is 2.25. The Bertz CT molecular complexity index is 955. The van der Waals surface area contributed by atoms with Gasteiger partial charge in [-0.2, -0.15) is 0 Å². The summed E-state index contributed by atoms with van der Waals surface area (Å²) >= 11 is 0. The number of carbonyl (C=O) groups excluding carboxylic acids is 1. The van der Waals surface area contributed by atoms with E-state index < -0.39 is 0 Å². The molecule has 3 rings (SSSR count). The number of aryl methyl sites for hydroxylation is 1. The molecule has 0 saturated carbocycles. The topological polar surface area (TPSA) is 58.4 Å². The summed E-state index contributed by atoms with van der Waals surface area (Å²) < 4.78 is 5.76. The first-order chi connectivity index (χ1) is 12.9. The average Bonchev–Trinajstić information content (AvgIpc) is 3.08. The first-order valence-corrected chi connectivity index (χ1v) is 9.50. The van der Waals surface area contributed by atoms with E-state index in [9.17, 15) is 4.79 Å². The molecule has 5 nitrogen and oxygen atoms in total. The number of nitrogens with zero attached hydrogens (tertiary/aromatic N) is 2. The molecular formula is C22H27N3O2. The summed E-state index contributed by atoms with van der Waals surface area (Å²) in [5.41, 5.74) is 4.99. The zero-order chi connectivity index (χ0) is 19.6. The summed E-state index contributed by atoms with van der Waals surface area (Å²) in [7, 11) is 0. The van der Waals surface area contributed by atoms with Crippen LogP contribution in [0, 0.1) is 6.92 Å². The van der Waals surface area contributed by atoms with Gasteiger partial charge in [0.15, 0.2) is 11.5 Å². The number of fused-ring (bicyclic) bond motifs is 1. The number of aromatic nitrogens is 1. The van der Waals surface area contributed by atoms with Crippen molar-refractivity contribution < 1.29 is 9.21 Å². The number of hydrogen-bond acceptors (Lipinski definition) is 4. The second-order valence-electron chi connectivity index (χ2n) is 7.01. The van der Waals surface area contributed by atoms with Crippen LogP contribution in [0.3, 0.4) is 0 Å². The van der Waals surface area contributed by atoms with Crippen LogP contribution in [0.5, 0.6) is 0 Å². The fourth-order valence-corrected chi connectivity index (χ4v) is 3.10. The van der Waals surface area contributed by atoms with Gasteiger partial charge in [0.05, 0.1) is 0 Å². The van der Waals surface area contributed by atoms with E-state index in [1.54, 1.807) is 12.1 Å². The summed E-state index contributed by atoms with van der Waals surface area (Å²) in [6.45, 7) is 12.3. The first-order valence-electron chi connectivity index (χ1n) is 9.50. The van der Waals surface area contributed by atoms with Gasteiger partial charge in [0.1, 0.15) is 5.52 Å². The third kappa shape index (κ3) is 3.97. The van der Waals surface area contributed by atoms with E-state index in [0.717, 1.165) is 29.9 Å². The van der Waals surface area contributed by atoms with Gasteiger partial charge in [-0.1, -0.05) is 13.8 Å². The molecule has 1 N–H and O–H groups in total. The molecule has 142 valence electrons. The molecule has 0 fully saturated rings. The Balaban J connectivity index is 1.81. The third-order valence-corrected chi connectivity index (χ3v) is 4.75. The molecule has 0 unspecified atom stereocenters. The van der Waals surface area contributed by atoms with Gasteiger partial charge in [0, 0.05) is 35.9 Å². The lowest BCUT2D eigenvalue weighted by Gasteiger charge is -2.22. The molecule has 0 aliphatic heterocycles. The van der Waals surface area contributed by atoms with Crippen molar-refractivity contribution in [1.29, 1.82) is 0 Å². The molecule has 0 aliphatic carbocycles. The molecule has 1 amide bonds. The highest BCUT2D eigenvalue weighted by atomic mass is 16.3. The van der Waals surface area contributed by atoms with Gasteiger partial charge in [0.2, 0.25) is 0 Å². The molecule has 1 aromatic heterocycles. The minimum atomic E-state index is -0.155. The Morgan fingerprint density at radius 1 is 1.15 bits per heavy atom. The van der Waals surface area contributed by atoms with E-state index in [0.29, 0.717) is 17.0 Å². The van der Waals surface area contributed by atoms with Gasteiger partial charge >= 0.3 is 0 Å². The van der Waals surface area contributed by atoms with Gasteiger partial charge in [-0.25, -0.2) is 4.98 Å². The first kappa shape index (κ1) is 19.0. The van der Waals surface area contributed by atoms with E-state index >= 15 is 0 Å². The van der Waals surface area contributed by atoms with Crippen molar-refractivity contribution in [3.05, 3.63) is 53.4 Å². The predicted molar refractivity (Wildman–Crippen MR) is 111 cm³/mol. The van der Waals surface area contributed by atoms with Crippen LogP contribution >= 0.6 is 0 Å². The molecule has 0 bridgehead atoms. The Labute approximate surface area is 160 Å². The molecule has 27 heavy (non-hydrogen) atoms. The summed E-state index contributed by atoms with van der Waals surface area (Å²) in [4.78, 5) is 19.4. The smallest absolute Gasteiger partial charge is 0.255 e. The maximum Gasteiger partial charge on any atom is 0.255 e. The van der Waals surface area contributed by atoms with Crippen LogP contribution in [-0.4, -0.2) is 24.0 Å². The normalized spacial score (nSPS) is 11.2. The second-order valence-corrected chi connectivity index (χ2v) is 7.01. The molecule has 5 heteroatoms. The highest BCUT2D eigenvalue weighted by Gasteiger charge is 2.14. The largest absolute Gasteiger partial charge is 0.440 e. The highest BCUT2D eigenvalue weighted by molar-refractivity contribution is 6.06. The molecule has 3 aromatic rings. The predicted octanol–water partition coefficient (Wildman–Crippen LogP) is 5.36. The Morgan fingerprint density at radius 3 is 2.52 bits per heavy atom. The minimum Gasteiger partial charge on any atom is -0.440 e. The standard InChI is InChI=1S/C22H27N3O2/c1-6-25(7-2)17-9-11-18(15(5)12-17)23-21(26)16-8-10-19-20(13-16)27-22(24-19)14(3)4/h8-14H,6-7H2,1-5H3,(H,23,26). The van der Waals surface area contributed by atoms with Crippen molar-refractivity contribution in [1.82, 2.24) is 4.98 Å². The number of rotatable bonds is 6. The summed E-state index contributed by atoms with van der Waals surface area (Å²) in [5, 5.41) is 3.00. The van der Waals surface area contributed by atoms with Gasteiger partial charge in [-0.05, 0) is 62.7 Å². The van der Waals surface area contributed by atoms with E-state index in [1.165, 1.54) is 5.69 Å².